The number of carbonyl (C=O) groups excluding carboxylic acids is 2. The predicted molar refractivity (Wildman–Crippen MR) is 115 cm³/mol. The molecule has 0 N–H and O–H groups in total. The molecule has 3 rings (SSSR count). The summed E-state index contributed by atoms with van der Waals surface area (Å²) in [7, 11) is -1.78. The summed E-state index contributed by atoms with van der Waals surface area (Å²) in [5.41, 5.74) is 1.09. The van der Waals surface area contributed by atoms with Crippen molar-refractivity contribution in [2.75, 3.05) is 6.54 Å². The predicted octanol–water partition coefficient (Wildman–Crippen LogP) is 5.64. The molecule has 5 heteroatoms. The van der Waals surface area contributed by atoms with Crippen molar-refractivity contribution in [2.45, 2.75) is 83.5 Å². The second kappa shape index (κ2) is 8.11. The molecule has 0 saturated heterocycles. The molecule has 1 aliphatic carbocycles. The van der Waals surface area contributed by atoms with Gasteiger partial charge in [0.2, 0.25) is 0 Å². The maximum atomic E-state index is 12.5. The summed E-state index contributed by atoms with van der Waals surface area (Å²) in [5, 5.41) is 0.217. The fraction of sp³-hybridized carbons (Fsp3) is 0.652. The SMILES string of the molecule is CC(C)(C)[Si](C)(C)O[C@H]1CCCC[C@H]1CCCN1C(=O)c2ccccc2C1=O. The van der Waals surface area contributed by atoms with E-state index < -0.39 is 8.32 Å². The summed E-state index contributed by atoms with van der Waals surface area (Å²) in [4.78, 5) is 26.5. The Labute approximate surface area is 170 Å². The highest BCUT2D eigenvalue weighted by molar-refractivity contribution is 6.74. The van der Waals surface area contributed by atoms with Crippen molar-refractivity contribution < 1.29 is 14.0 Å². The van der Waals surface area contributed by atoms with Crippen molar-refractivity contribution >= 4 is 20.1 Å². The highest BCUT2D eigenvalue weighted by Crippen LogP contribution is 2.41. The van der Waals surface area contributed by atoms with Gasteiger partial charge < -0.3 is 4.43 Å². The standard InChI is InChI=1S/C23H35NO3Si/c1-23(2,3)28(4,5)27-20-15-9-6-11-17(20)12-10-16-24-21(25)18-13-7-8-14-19(18)22(24)26/h7-8,13-14,17,20H,6,9-12,15-16H2,1-5H3/t17-,20-/m0/s1. The smallest absolute Gasteiger partial charge is 0.261 e. The minimum Gasteiger partial charge on any atom is -0.414 e. The van der Waals surface area contributed by atoms with Gasteiger partial charge in [-0.3, -0.25) is 14.5 Å². The Morgan fingerprint density at radius 1 is 1.04 bits per heavy atom. The minimum absolute atomic E-state index is 0.140. The summed E-state index contributed by atoms with van der Waals surface area (Å²) in [6, 6.07) is 7.14. The van der Waals surface area contributed by atoms with E-state index in [1.54, 1.807) is 12.1 Å². The highest BCUT2D eigenvalue weighted by Gasteiger charge is 2.41. The first-order chi connectivity index (χ1) is 13.1. The molecule has 0 radical (unpaired) electrons. The van der Waals surface area contributed by atoms with Crippen molar-refractivity contribution in [3.05, 3.63) is 35.4 Å². The fourth-order valence-corrected chi connectivity index (χ4v) is 5.59. The Bertz CT molecular complexity index is 703. The Balaban J connectivity index is 1.58. The average Bonchev–Trinajstić information content (AvgIpc) is 2.87. The van der Waals surface area contributed by atoms with Crippen molar-refractivity contribution in [3.8, 4) is 0 Å². The van der Waals surface area contributed by atoms with Gasteiger partial charge in [-0.15, -0.1) is 0 Å². The number of hydrogen-bond acceptors (Lipinski definition) is 3. The van der Waals surface area contributed by atoms with Crippen LogP contribution in [0.3, 0.4) is 0 Å². The Morgan fingerprint density at radius 3 is 2.18 bits per heavy atom. The van der Waals surface area contributed by atoms with Gasteiger partial charge in [-0.25, -0.2) is 0 Å². The number of hydrogen-bond donors (Lipinski definition) is 0. The van der Waals surface area contributed by atoms with Crippen LogP contribution in [0.25, 0.3) is 0 Å². The van der Waals surface area contributed by atoms with Crippen molar-refractivity contribution in [2.24, 2.45) is 5.92 Å². The lowest BCUT2D eigenvalue weighted by molar-refractivity contribution is 0.0609. The molecular formula is C23H35NO3Si. The van der Waals surface area contributed by atoms with E-state index >= 15 is 0 Å². The van der Waals surface area contributed by atoms with Crippen LogP contribution in [0.5, 0.6) is 0 Å². The van der Waals surface area contributed by atoms with Gasteiger partial charge in [-0.2, -0.15) is 0 Å². The Kier molecular flexibility index (Phi) is 6.16. The van der Waals surface area contributed by atoms with Crippen LogP contribution in [0.4, 0.5) is 0 Å². The van der Waals surface area contributed by atoms with E-state index in [4.69, 9.17) is 4.43 Å². The van der Waals surface area contributed by atoms with Crippen molar-refractivity contribution in [3.63, 3.8) is 0 Å². The highest BCUT2D eigenvalue weighted by atomic mass is 28.4. The molecule has 2 aliphatic rings. The van der Waals surface area contributed by atoms with Crippen molar-refractivity contribution in [1.82, 2.24) is 4.90 Å². The van der Waals surface area contributed by atoms with Crippen LogP contribution in [0.2, 0.25) is 18.1 Å². The molecule has 28 heavy (non-hydrogen) atoms. The van der Waals surface area contributed by atoms with Crippen LogP contribution in [0.15, 0.2) is 24.3 Å². The lowest BCUT2D eigenvalue weighted by Gasteiger charge is -2.43. The van der Waals surface area contributed by atoms with Gasteiger partial charge in [0, 0.05) is 12.6 Å². The zero-order valence-electron chi connectivity index (χ0n) is 18.1. The maximum Gasteiger partial charge on any atom is 0.261 e. The van der Waals surface area contributed by atoms with Crippen LogP contribution >= 0.6 is 0 Å². The molecule has 1 aromatic carbocycles. The van der Waals surface area contributed by atoms with E-state index in [1.807, 2.05) is 12.1 Å². The molecule has 154 valence electrons. The number of imide groups is 1. The third kappa shape index (κ3) is 4.25. The molecule has 1 aliphatic heterocycles. The van der Waals surface area contributed by atoms with Gasteiger partial charge in [0.1, 0.15) is 0 Å². The zero-order chi connectivity index (χ0) is 20.5. The topological polar surface area (TPSA) is 46.6 Å². The molecule has 0 aromatic heterocycles. The maximum absolute atomic E-state index is 12.5. The molecule has 1 aromatic rings. The number of amides is 2. The molecular weight excluding hydrogens is 366 g/mol. The monoisotopic (exact) mass is 401 g/mol. The van der Waals surface area contributed by atoms with Crippen LogP contribution in [-0.4, -0.2) is 37.7 Å². The lowest BCUT2D eigenvalue weighted by Crippen LogP contribution is -2.46. The molecule has 4 nitrogen and oxygen atoms in total. The molecule has 1 saturated carbocycles. The van der Waals surface area contributed by atoms with Crippen LogP contribution < -0.4 is 0 Å². The number of fused-ring (bicyclic) bond motifs is 1. The van der Waals surface area contributed by atoms with Crippen LogP contribution in [0.1, 0.15) is 80.0 Å². The fourth-order valence-electron chi connectivity index (χ4n) is 4.17. The van der Waals surface area contributed by atoms with E-state index in [1.165, 1.54) is 24.2 Å². The Hall–Kier alpha value is -1.46. The van der Waals surface area contributed by atoms with Gasteiger partial charge in [0.05, 0.1) is 11.1 Å². The van der Waals surface area contributed by atoms with Crippen LogP contribution in [-0.2, 0) is 4.43 Å². The van der Waals surface area contributed by atoms with Gasteiger partial charge >= 0.3 is 0 Å². The first-order valence-electron chi connectivity index (χ1n) is 10.7. The second-order valence-corrected chi connectivity index (χ2v) is 14.7. The van der Waals surface area contributed by atoms with Gasteiger partial charge in [0.25, 0.3) is 11.8 Å². The van der Waals surface area contributed by atoms with Gasteiger partial charge in [-0.05, 0) is 61.9 Å². The summed E-state index contributed by atoms with van der Waals surface area (Å²) in [6.45, 7) is 12.0. The molecule has 2 amide bonds. The lowest BCUT2D eigenvalue weighted by atomic mass is 9.83. The summed E-state index contributed by atoms with van der Waals surface area (Å²) in [6.07, 6.45) is 7.05. The summed E-state index contributed by atoms with van der Waals surface area (Å²) in [5.74, 6) is 0.259. The molecule has 1 heterocycles. The molecule has 0 unspecified atom stereocenters. The summed E-state index contributed by atoms with van der Waals surface area (Å²) < 4.78 is 6.76. The third-order valence-electron chi connectivity index (χ3n) is 6.93. The van der Waals surface area contributed by atoms with E-state index in [-0.39, 0.29) is 16.9 Å². The first kappa shape index (κ1) is 21.3. The van der Waals surface area contributed by atoms with E-state index in [9.17, 15) is 9.59 Å². The number of nitrogens with zero attached hydrogens (tertiary/aromatic N) is 1. The molecule has 1 fully saturated rings. The second-order valence-electron chi connectivity index (χ2n) is 9.91. The van der Waals surface area contributed by atoms with Gasteiger partial charge in [0.15, 0.2) is 8.32 Å². The zero-order valence-corrected chi connectivity index (χ0v) is 19.1. The average molecular weight is 402 g/mol. The third-order valence-corrected chi connectivity index (χ3v) is 11.4. The van der Waals surface area contributed by atoms with Crippen molar-refractivity contribution in [1.29, 1.82) is 0 Å². The Morgan fingerprint density at radius 2 is 1.61 bits per heavy atom. The largest absolute Gasteiger partial charge is 0.414 e. The van der Waals surface area contributed by atoms with E-state index in [0.29, 0.717) is 29.7 Å². The molecule has 2 atom stereocenters. The summed E-state index contributed by atoms with van der Waals surface area (Å²) >= 11 is 0. The van der Waals surface area contributed by atoms with Crippen LogP contribution in [0, 0.1) is 5.92 Å². The van der Waals surface area contributed by atoms with Gasteiger partial charge in [-0.1, -0.05) is 45.7 Å². The van der Waals surface area contributed by atoms with E-state index in [2.05, 4.69) is 33.9 Å². The molecule has 0 spiro atoms. The number of rotatable bonds is 6. The van der Waals surface area contributed by atoms with E-state index in [0.717, 1.165) is 19.3 Å². The quantitative estimate of drug-likeness (QED) is 0.457. The first-order valence-corrected chi connectivity index (χ1v) is 13.7. The number of carbonyl (C=O) groups is 2. The minimum atomic E-state index is -1.78. The normalized spacial score (nSPS) is 23.2. The number of benzene rings is 1. The molecule has 0 bridgehead atoms.